The maximum Gasteiger partial charge on any atom is 0.258 e. The number of fused-ring (bicyclic) bond motifs is 1. The molecule has 0 saturated heterocycles. The molecule has 0 aliphatic carbocycles. The molecule has 0 fully saturated rings. The van der Waals surface area contributed by atoms with E-state index < -0.39 is 0 Å². The van der Waals surface area contributed by atoms with Crippen LogP contribution in [0.3, 0.4) is 0 Å². The normalized spacial score (nSPS) is 12.9. The predicted octanol–water partition coefficient (Wildman–Crippen LogP) is 4.12. The third-order valence-electron chi connectivity index (χ3n) is 3.72. The molecule has 120 valence electrons. The van der Waals surface area contributed by atoms with Gasteiger partial charge >= 0.3 is 0 Å². The summed E-state index contributed by atoms with van der Waals surface area (Å²) < 4.78 is 0. The summed E-state index contributed by atoms with van der Waals surface area (Å²) in [7, 11) is 0. The number of rotatable bonds is 5. The first-order valence-corrected chi connectivity index (χ1v) is 8.75. The average Bonchev–Trinajstić information content (AvgIpc) is 3.00. The van der Waals surface area contributed by atoms with Crippen molar-refractivity contribution in [1.82, 2.24) is 15.3 Å². The lowest BCUT2D eigenvalue weighted by Crippen LogP contribution is -2.26. The van der Waals surface area contributed by atoms with Crippen molar-refractivity contribution in [2.75, 3.05) is 0 Å². The lowest BCUT2D eigenvalue weighted by atomic mass is 10.0. The van der Waals surface area contributed by atoms with E-state index in [-0.39, 0.29) is 11.6 Å². The standard InChI is InChI=1S/C17H18ClN3OS/c1-10(2)16(14-4-3-7-23-14)19-9-15-20-13-8-11(18)5-6-12(13)17(22)21-15/h3-8,10,16,19H,9H2,1-2H3,(H,20,21,22)/t16-/m1/s1. The molecule has 1 atom stereocenters. The number of aromatic nitrogens is 2. The molecule has 0 aliphatic heterocycles. The zero-order chi connectivity index (χ0) is 16.4. The lowest BCUT2D eigenvalue weighted by Gasteiger charge is -2.21. The number of aromatic amines is 1. The summed E-state index contributed by atoms with van der Waals surface area (Å²) in [5.74, 6) is 1.06. The molecule has 23 heavy (non-hydrogen) atoms. The van der Waals surface area contributed by atoms with Gasteiger partial charge in [0.15, 0.2) is 0 Å². The van der Waals surface area contributed by atoms with E-state index >= 15 is 0 Å². The van der Waals surface area contributed by atoms with Crippen molar-refractivity contribution in [1.29, 1.82) is 0 Å². The van der Waals surface area contributed by atoms with Gasteiger partial charge in [-0.25, -0.2) is 4.98 Å². The van der Waals surface area contributed by atoms with Crippen LogP contribution in [-0.2, 0) is 6.54 Å². The third-order valence-corrected chi connectivity index (χ3v) is 4.91. The summed E-state index contributed by atoms with van der Waals surface area (Å²) in [6.45, 7) is 4.85. The van der Waals surface area contributed by atoms with Gasteiger partial charge in [0.25, 0.3) is 5.56 Å². The Morgan fingerprint density at radius 2 is 2.17 bits per heavy atom. The van der Waals surface area contributed by atoms with Crippen LogP contribution in [0.5, 0.6) is 0 Å². The van der Waals surface area contributed by atoms with Crippen LogP contribution >= 0.6 is 22.9 Å². The van der Waals surface area contributed by atoms with Gasteiger partial charge in [0.05, 0.1) is 17.4 Å². The fraction of sp³-hybridized carbons (Fsp3) is 0.294. The Morgan fingerprint density at radius 1 is 1.35 bits per heavy atom. The smallest absolute Gasteiger partial charge is 0.258 e. The molecule has 2 heterocycles. The quantitative estimate of drug-likeness (QED) is 0.729. The Balaban J connectivity index is 1.85. The minimum absolute atomic E-state index is 0.138. The van der Waals surface area contributed by atoms with Gasteiger partial charge in [-0.2, -0.15) is 0 Å². The Hall–Kier alpha value is -1.69. The number of halogens is 1. The predicted molar refractivity (Wildman–Crippen MR) is 96.1 cm³/mol. The first-order chi connectivity index (χ1) is 11.0. The van der Waals surface area contributed by atoms with Gasteiger partial charge in [-0.1, -0.05) is 31.5 Å². The maximum atomic E-state index is 12.2. The van der Waals surface area contributed by atoms with Gasteiger partial charge in [-0.05, 0) is 35.6 Å². The molecule has 2 N–H and O–H groups in total. The van der Waals surface area contributed by atoms with Gasteiger partial charge < -0.3 is 10.3 Å². The highest BCUT2D eigenvalue weighted by Crippen LogP contribution is 2.26. The number of thiophene rings is 1. The van der Waals surface area contributed by atoms with Crippen molar-refractivity contribution < 1.29 is 0 Å². The summed E-state index contributed by atoms with van der Waals surface area (Å²) >= 11 is 7.72. The molecule has 4 nitrogen and oxygen atoms in total. The molecule has 2 aromatic heterocycles. The van der Waals surface area contributed by atoms with Crippen LogP contribution in [0.2, 0.25) is 5.02 Å². The second kappa shape index (κ2) is 6.83. The highest BCUT2D eigenvalue weighted by Gasteiger charge is 2.16. The van der Waals surface area contributed by atoms with Crippen LogP contribution in [0.15, 0.2) is 40.5 Å². The van der Waals surface area contributed by atoms with Crippen molar-refractivity contribution in [3.63, 3.8) is 0 Å². The van der Waals surface area contributed by atoms with E-state index in [9.17, 15) is 4.79 Å². The van der Waals surface area contributed by atoms with Crippen LogP contribution in [0.4, 0.5) is 0 Å². The van der Waals surface area contributed by atoms with Crippen LogP contribution < -0.4 is 10.9 Å². The van der Waals surface area contributed by atoms with Crippen molar-refractivity contribution in [3.05, 3.63) is 61.8 Å². The molecule has 3 rings (SSSR count). The minimum Gasteiger partial charge on any atom is -0.309 e. The highest BCUT2D eigenvalue weighted by molar-refractivity contribution is 7.10. The molecule has 0 bridgehead atoms. The van der Waals surface area contributed by atoms with E-state index in [1.807, 2.05) is 0 Å². The number of benzene rings is 1. The molecular formula is C17H18ClN3OS. The first kappa shape index (κ1) is 16.2. The van der Waals surface area contributed by atoms with E-state index in [4.69, 9.17) is 11.6 Å². The molecule has 0 unspecified atom stereocenters. The van der Waals surface area contributed by atoms with Crippen molar-refractivity contribution in [2.45, 2.75) is 26.4 Å². The molecule has 0 spiro atoms. The number of nitrogens with zero attached hydrogens (tertiary/aromatic N) is 1. The zero-order valence-electron chi connectivity index (χ0n) is 13.0. The summed E-state index contributed by atoms with van der Waals surface area (Å²) in [5, 5.41) is 6.69. The third kappa shape index (κ3) is 3.63. The largest absolute Gasteiger partial charge is 0.309 e. The van der Waals surface area contributed by atoms with Gasteiger partial charge in [-0.3, -0.25) is 4.79 Å². The van der Waals surface area contributed by atoms with Crippen molar-refractivity contribution in [3.8, 4) is 0 Å². The van der Waals surface area contributed by atoms with Gasteiger partial charge in [-0.15, -0.1) is 11.3 Å². The fourth-order valence-electron chi connectivity index (χ4n) is 2.58. The Morgan fingerprint density at radius 3 is 2.87 bits per heavy atom. The zero-order valence-corrected chi connectivity index (χ0v) is 14.5. The van der Waals surface area contributed by atoms with E-state index in [0.717, 1.165) is 0 Å². The Labute approximate surface area is 143 Å². The minimum atomic E-state index is -0.138. The van der Waals surface area contributed by atoms with Crippen LogP contribution in [0.25, 0.3) is 10.9 Å². The Bertz CT molecular complexity index is 858. The van der Waals surface area contributed by atoms with Crippen LogP contribution in [0.1, 0.15) is 30.6 Å². The molecule has 0 aliphatic rings. The molecule has 0 radical (unpaired) electrons. The Kier molecular flexibility index (Phi) is 4.80. The van der Waals surface area contributed by atoms with E-state index in [0.29, 0.717) is 34.2 Å². The summed E-state index contributed by atoms with van der Waals surface area (Å²) in [5.41, 5.74) is 0.482. The summed E-state index contributed by atoms with van der Waals surface area (Å²) in [4.78, 5) is 20.8. The molecule has 0 amide bonds. The number of H-pyrrole nitrogens is 1. The monoisotopic (exact) mass is 347 g/mol. The number of hydrogen-bond acceptors (Lipinski definition) is 4. The van der Waals surface area contributed by atoms with Gasteiger partial charge in [0.1, 0.15) is 5.82 Å². The SMILES string of the molecule is CC(C)[C@@H](NCc1nc2cc(Cl)ccc2c(=O)[nH]1)c1cccs1. The number of hydrogen-bond donors (Lipinski definition) is 2. The van der Waals surface area contributed by atoms with E-state index in [1.165, 1.54) is 4.88 Å². The molecule has 3 aromatic rings. The second-order valence-corrected chi connectivity index (χ2v) is 7.21. The van der Waals surface area contributed by atoms with Gasteiger partial charge in [0, 0.05) is 15.9 Å². The first-order valence-electron chi connectivity index (χ1n) is 7.50. The molecule has 1 aromatic carbocycles. The van der Waals surface area contributed by atoms with E-state index in [1.54, 1.807) is 29.5 Å². The van der Waals surface area contributed by atoms with E-state index in [2.05, 4.69) is 46.6 Å². The van der Waals surface area contributed by atoms with Gasteiger partial charge in [0.2, 0.25) is 0 Å². The van der Waals surface area contributed by atoms with Crippen molar-refractivity contribution >= 4 is 33.8 Å². The molecule has 6 heteroatoms. The summed E-state index contributed by atoms with van der Waals surface area (Å²) in [6.07, 6.45) is 0. The average molecular weight is 348 g/mol. The van der Waals surface area contributed by atoms with Crippen LogP contribution in [0, 0.1) is 5.92 Å². The highest BCUT2D eigenvalue weighted by atomic mass is 35.5. The lowest BCUT2D eigenvalue weighted by molar-refractivity contribution is 0.411. The molecular weight excluding hydrogens is 330 g/mol. The fourth-order valence-corrected chi connectivity index (χ4v) is 3.72. The van der Waals surface area contributed by atoms with Crippen molar-refractivity contribution in [2.24, 2.45) is 5.92 Å². The second-order valence-electron chi connectivity index (χ2n) is 5.79. The number of nitrogens with one attached hydrogen (secondary N) is 2. The summed E-state index contributed by atoms with van der Waals surface area (Å²) in [6, 6.07) is 9.52. The maximum absolute atomic E-state index is 12.2. The topological polar surface area (TPSA) is 57.8 Å². The van der Waals surface area contributed by atoms with Crippen LogP contribution in [-0.4, -0.2) is 9.97 Å². The molecule has 0 saturated carbocycles.